The molecule has 1 heterocycles. The molecule has 0 saturated heterocycles. The molecule has 7 heteroatoms. The number of carbonyl (C=O) groups is 1. The summed E-state index contributed by atoms with van der Waals surface area (Å²) in [5.41, 5.74) is 5.83. The van der Waals surface area contributed by atoms with Crippen LogP contribution in [-0.4, -0.2) is 26.7 Å². The average molecular weight is 537 g/mol. The summed E-state index contributed by atoms with van der Waals surface area (Å²) < 4.78 is 23.3. The van der Waals surface area contributed by atoms with E-state index in [0.717, 1.165) is 24.2 Å². The summed E-state index contributed by atoms with van der Waals surface area (Å²) in [4.78, 5) is 11.3. The first-order valence-corrected chi connectivity index (χ1v) is 15.2. The van der Waals surface area contributed by atoms with E-state index in [1.807, 2.05) is 4.31 Å². The lowest BCUT2D eigenvalue weighted by Crippen LogP contribution is -2.25. The normalized spacial score (nSPS) is 24.4. The monoisotopic (exact) mass is 536 g/mol. The maximum absolute atomic E-state index is 13.1. The number of ether oxygens (including phenoxy) is 1. The molecule has 0 amide bonds. The lowest BCUT2D eigenvalue weighted by Gasteiger charge is -2.35. The molecule has 2 aromatic carbocycles. The molecule has 38 heavy (non-hydrogen) atoms. The molecule has 204 valence electrons. The molecule has 2 atom stereocenters. The fourth-order valence-electron chi connectivity index (χ4n) is 6.65. The molecule has 2 aliphatic carbocycles. The van der Waals surface area contributed by atoms with E-state index >= 15 is 0 Å². The highest BCUT2D eigenvalue weighted by Gasteiger charge is 2.29. The first kappa shape index (κ1) is 26.9. The summed E-state index contributed by atoms with van der Waals surface area (Å²) in [6, 6.07) is 11.2. The number of hydrogen-bond donors (Lipinski definition) is 2. The first-order valence-electron chi connectivity index (χ1n) is 14.1. The summed E-state index contributed by atoms with van der Waals surface area (Å²) in [5.74, 6) is 2.06. The van der Waals surface area contributed by atoms with E-state index in [9.17, 15) is 14.1 Å². The zero-order valence-electron chi connectivity index (χ0n) is 22.6. The highest BCUT2D eigenvalue weighted by molar-refractivity contribution is 7.84. The van der Waals surface area contributed by atoms with Crippen LogP contribution >= 0.6 is 0 Å². The van der Waals surface area contributed by atoms with E-state index in [1.165, 1.54) is 92.9 Å². The standard InChI is InChI=1S/C31H40N2O4S/c1-3-4-21-5-7-22(8-6-21)23-9-11-24(12-10-23)25-13-14-27-19-33(20-28(27)17-25)38(36)32-29-16-15-26(31(34)35)18-30(29)37-2/h11,13-18,21-23,32H,3-10,12,19-20H2,1-2H3,(H,34,35). The Balaban J connectivity index is 1.19. The van der Waals surface area contributed by atoms with Crippen molar-refractivity contribution in [1.29, 1.82) is 0 Å². The zero-order valence-corrected chi connectivity index (χ0v) is 23.4. The molecule has 5 rings (SSSR count). The van der Waals surface area contributed by atoms with Crippen LogP contribution in [0.4, 0.5) is 5.69 Å². The molecule has 3 aliphatic rings. The summed E-state index contributed by atoms with van der Waals surface area (Å²) in [5, 5.41) is 9.22. The number of anilines is 1. The number of rotatable bonds is 9. The van der Waals surface area contributed by atoms with Gasteiger partial charge in [0.15, 0.2) is 11.2 Å². The fourth-order valence-corrected chi connectivity index (χ4v) is 7.65. The van der Waals surface area contributed by atoms with E-state index in [0.29, 0.717) is 24.5 Å². The van der Waals surface area contributed by atoms with Crippen molar-refractivity contribution in [3.63, 3.8) is 0 Å². The van der Waals surface area contributed by atoms with Gasteiger partial charge in [0.05, 0.1) is 18.4 Å². The van der Waals surface area contributed by atoms with E-state index in [1.54, 1.807) is 6.07 Å². The Labute approximate surface area is 229 Å². The number of aromatic carboxylic acids is 1. The smallest absolute Gasteiger partial charge is 0.335 e. The van der Waals surface area contributed by atoms with Gasteiger partial charge in [0.2, 0.25) is 0 Å². The van der Waals surface area contributed by atoms with E-state index in [2.05, 4.69) is 35.9 Å². The second-order valence-corrected chi connectivity index (χ2v) is 12.4. The number of allylic oxidation sites excluding steroid dienone is 2. The minimum atomic E-state index is -1.48. The Morgan fingerprint density at radius 3 is 2.53 bits per heavy atom. The van der Waals surface area contributed by atoms with Gasteiger partial charge in [0, 0.05) is 13.1 Å². The van der Waals surface area contributed by atoms with Crippen molar-refractivity contribution in [3.8, 4) is 5.75 Å². The predicted molar refractivity (Wildman–Crippen MR) is 153 cm³/mol. The third-order valence-electron chi connectivity index (χ3n) is 8.86. The quantitative estimate of drug-likeness (QED) is 0.355. The maximum Gasteiger partial charge on any atom is 0.335 e. The number of nitrogens with zero attached hydrogens (tertiary/aromatic N) is 1. The Hall–Kier alpha value is -2.64. The molecule has 1 saturated carbocycles. The van der Waals surface area contributed by atoms with E-state index < -0.39 is 17.1 Å². The van der Waals surface area contributed by atoms with Crippen molar-refractivity contribution in [2.75, 3.05) is 11.8 Å². The van der Waals surface area contributed by atoms with Crippen molar-refractivity contribution >= 4 is 28.4 Å². The Morgan fingerprint density at radius 2 is 1.84 bits per heavy atom. The van der Waals surface area contributed by atoms with Crippen LogP contribution in [0.5, 0.6) is 5.75 Å². The Kier molecular flexibility index (Phi) is 8.54. The molecule has 2 aromatic rings. The summed E-state index contributed by atoms with van der Waals surface area (Å²) >= 11 is -1.48. The molecular weight excluding hydrogens is 496 g/mol. The molecule has 0 bridgehead atoms. The highest BCUT2D eigenvalue weighted by atomic mass is 32.2. The van der Waals surface area contributed by atoms with Crippen molar-refractivity contribution in [2.45, 2.75) is 77.8 Å². The van der Waals surface area contributed by atoms with Gasteiger partial charge in [-0.05, 0) is 96.4 Å². The van der Waals surface area contributed by atoms with Crippen molar-refractivity contribution < 1.29 is 18.8 Å². The number of carboxylic acid groups (broad SMARTS) is 1. The van der Waals surface area contributed by atoms with Gasteiger partial charge in [-0.15, -0.1) is 0 Å². The number of hydrogen-bond acceptors (Lipinski definition) is 3. The van der Waals surface area contributed by atoms with Gasteiger partial charge in [0.25, 0.3) is 0 Å². The minimum Gasteiger partial charge on any atom is -0.495 e. The first-order chi connectivity index (χ1) is 18.4. The van der Waals surface area contributed by atoms with E-state index in [4.69, 9.17) is 4.74 Å². The SMILES string of the molecule is CCCC1CCC(C2CC=C(c3ccc4c(c3)CN(S(=O)Nc3ccc(C(=O)O)cc3OC)C4)CC2)CC1. The number of fused-ring (bicyclic) bond motifs is 1. The predicted octanol–water partition coefficient (Wildman–Crippen LogP) is 7.19. The highest BCUT2D eigenvalue weighted by Crippen LogP contribution is 2.42. The van der Waals surface area contributed by atoms with Crippen LogP contribution in [0, 0.1) is 17.8 Å². The fraction of sp³-hybridized carbons (Fsp3) is 0.516. The van der Waals surface area contributed by atoms with Gasteiger partial charge in [0.1, 0.15) is 5.75 Å². The summed E-state index contributed by atoms with van der Waals surface area (Å²) in [7, 11) is 1.47. The van der Waals surface area contributed by atoms with Gasteiger partial charge in [-0.2, -0.15) is 4.31 Å². The number of benzene rings is 2. The van der Waals surface area contributed by atoms with Crippen LogP contribution in [-0.2, 0) is 24.3 Å². The zero-order chi connectivity index (χ0) is 26.6. The van der Waals surface area contributed by atoms with Crippen LogP contribution in [0.25, 0.3) is 5.57 Å². The second kappa shape index (κ2) is 12.0. The van der Waals surface area contributed by atoms with Crippen molar-refractivity contribution in [2.24, 2.45) is 17.8 Å². The molecule has 2 unspecified atom stereocenters. The van der Waals surface area contributed by atoms with Crippen LogP contribution in [0.1, 0.15) is 91.8 Å². The molecule has 1 fully saturated rings. The molecule has 0 spiro atoms. The van der Waals surface area contributed by atoms with Crippen LogP contribution in [0.3, 0.4) is 0 Å². The van der Waals surface area contributed by atoms with Gasteiger partial charge < -0.3 is 9.84 Å². The molecule has 0 aromatic heterocycles. The van der Waals surface area contributed by atoms with Gasteiger partial charge in [-0.3, -0.25) is 4.72 Å². The number of carboxylic acids is 1. The topological polar surface area (TPSA) is 78.9 Å². The van der Waals surface area contributed by atoms with Gasteiger partial charge in [-0.1, -0.05) is 50.8 Å². The van der Waals surface area contributed by atoms with Crippen LogP contribution in [0.2, 0.25) is 0 Å². The summed E-state index contributed by atoms with van der Waals surface area (Å²) in [6.45, 7) is 3.52. The molecule has 2 N–H and O–H groups in total. The molecular formula is C31H40N2O4S. The van der Waals surface area contributed by atoms with Crippen molar-refractivity contribution in [3.05, 3.63) is 64.7 Å². The molecule has 0 radical (unpaired) electrons. The average Bonchev–Trinajstić information content (AvgIpc) is 3.38. The van der Waals surface area contributed by atoms with E-state index in [-0.39, 0.29) is 5.56 Å². The van der Waals surface area contributed by atoms with Crippen LogP contribution in [0.15, 0.2) is 42.5 Å². The summed E-state index contributed by atoms with van der Waals surface area (Å²) in [6.07, 6.45) is 14.6. The largest absolute Gasteiger partial charge is 0.495 e. The number of methoxy groups -OCH3 is 1. The van der Waals surface area contributed by atoms with Crippen molar-refractivity contribution in [1.82, 2.24) is 4.31 Å². The second-order valence-electron chi connectivity index (χ2n) is 11.2. The van der Waals surface area contributed by atoms with Crippen LogP contribution < -0.4 is 9.46 Å². The van der Waals surface area contributed by atoms with Gasteiger partial charge in [-0.25, -0.2) is 9.00 Å². The lowest BCUT2D eigenvalue weighted by molar-refractivity contribution is 0.0696. The lowest BCUT2D eigenvalue weighted by atomic mass is 9.70. The third-order valence-corrected chi connectivity index (χ3v) is 9.98. The maximum atomic E-state index is 13.1. The van der Waals surface area contributed by atoms with Gasteiger partial charge >= 0.3 is 5.97 Å². The third kappa shape index (κ3) is 5.99. The Morgan fingerprint density at radius 1 is 1.05 bits per heavy atom. The molecule has 6 nitrogen and oxygen atoms in total. The minimum absolute atomic E-state index is 0.127. The Bertz CT molecular complexity index is 1220. The number of nitrogens with one attached hydrogen (secondary N) is 1. The molecule has 1 aliphatic heterocycles.